The zero-order valence-corrected chi connectivity index (χ0v) is 17.1. The summed E-state index contributed by atoms with van der Waals surface area (Å²) in [6.45, 7) is 8.70. The second kappa shape index (κ2) is 8.67. The summed E-state index contributed by atoms with van der Waals surface area (Å²) in [6, 6.07) is 6.55. The number of rotatable bonds is 5. The number of hydrogen-bond donors (Lipinski definition) is 2. The van der Waals surface area contributed by atoms with Crippen LogP contribution in [0.2, 0.25) is 0 Å². The van der Waals surface area contributed by atoms with Gasteiger partial charge in [0.15, 0.2) is 0 Å². The van der Waals surface area contributed by atoms with Crippen molar-refractivity contribution in [1.82, 2.24) is 10.6 Å². The van der Waals surface area contributed by atoms with Crippen molar-refractivity contribution < 1.29 is 19.1 Å². The van der Waals surface area contributed by atoms with E-state index in [1.54, 1.807) is 6.92 Å². The van der Waals surface area contributed by atoms with Crippen molar-refractivity contribution in [1.29, 1.82) is 0 Å². The molecular formula is C22H30N2O4. The number of nitrogens with one attached hydrogen (secondary N) is 2. The van der Waals surface area contributed by atoms with E-state index < -0.39 is 6.04 Å². The Hall–Kier alpha value is -2.50. The van der Waals surface area contributed by atoms with Crippen LogP contribution in [0.1, 0.15) is 58.6 Å². The topological polar surface area (TPSA) is 76.7 Å². The first-order chi connectivity index (χ1) is 13.4. The maximum Gasteiger partial charge on any atom is 0.338 e. The van der Waals surface area contributed by atoms with E-state index in [1.807, 2.05) is 31.2 Å². The Bertz CT molecular complexity index is 756. The number of esters is 1. The van der Waals surface area contributed by atoms with Crippen molar-refractivity contribution in [3.05, 3.63) is 41.1 Å². The third-order valence-corrected chi connectivity index (χ3v) is 5.84. The number of ether oxygens (including phenoxy) is 2. The molecule has 2 amide bonds. The van der Waals surface area contributed by atoms with E-state index in [0.717, 1.165) is 30.6 Å². The highest BCUT2D eigenvalue weighted by Gasteiger charge is 2.34. The van der Waals surface area contributed by atoms with Crippen molar-refractivity contribution in [3.8, 4) is 5.75 Å². The molecule has 2 aliphatic rings. The first-order valence-electron chi connectivity index (χ1n) is 10.1. The van der Waals surface area contributed by atoms with Gasteiger partial charge in [-0.25, -0.2) is 9.59 Å². The molecule has 1 saturated carbocycles. The summed E-state index contributed by atoms with van der Waals surface area (Å²) < 4.78 is 11.3. The van der Waals surface area contributed by atoms with Crippen LogP contribution in [0.25, 0.3) is 0 Å². The first-order valence-corrected chi connectivity index (χ1v) is 10.1. The molecule has 1 fully saturated rings. The zero-order chi connectivity index (χ0) is 20.3. The molecular weight excluding hydrogens is 356 g/mol. The molecule has 6 nitrogen and oxygen atoms in total. The Kier molecular flexibility index (Phi) is 6.27. The average Bonchev–Trinajstić information content (AvgIpc) is 2.65. The molecule has 152 valence electrons. The predicted molar refractivity (Wildman–Crippen MR) is 107 cm³/mol. The highest BCUT2D eigenvalue weighted by atomic mass is 16.5. The van der Waals surface area contributed by atoms with E-state index in [2.05, 4.69) is 24.5 Å². The van der Waals surface area contributed by atoms with Crippen molar-refractivity contribution in [2.24, 2.45) is 11.8 Å². The molecule has 4 atom stereocenters. The smallest absolute Gasteiger partial charge is 0.338 e. The van der Waals surface area contributed by atoms with Crippen molar-refractivity contribution in [3.63, 3.8) is 0 Å². The molecule has 1 aromatic rings. The highest BCUT2D eigenvalue weighted by Crippen LogP contribution is 2.33. The normalized spacial score (nSPS) is 27.6. The van der Waals surface area contributed by atoms with E-state index >= 15 is 0 Å². The zero-order valence-electron chi connectivity index (χ0n) is 17.1. The Morgan fingerprint density at radius 2 is 1.86 bits per heavy atom. The van der Waals surface area contributed by atoms with Gasteiger partial charge in [0.05, 0.1) is 18.2 Å². The summed E-state index contributed by atoms with van der Waals surface area (Å²) in [6.07, 6.45) is 2.76. The predicted octanol–water partition coefficient (Wildman–Crippen LogP) is 4.08. The number of allylic oxidation sites excluding steroid dienone is 1. The summed E-state index contributed by atoms with van der Waals surface area (Å²) in [5.74, 6) is 1.58. The fraction of sp³-hybridized carbons (Fsp3) is 0.545. The molecule has 0 spiro atoms. The van der Waals surface area contributed by atoms with Crippen LogP contribution < -0.4 is 15.4 Å². The summed E-state index contributed by atoms with van der Waals surface area (Å²) >= 11 is 0. The van der Waals surface area contributed by atoms with Gasteiger partial charge in [0.1, 0.15) is 11.9 Å². The van der Waals surface area contributed by atoms with Gasteiger partial charge in [-0.3, -0.25) is 0 Å². The van der Waals surface area contributed by atoms with Crippen LogP contribution in [-0.2, 0) is 9.53 Å². The van der Waals surface area contributed by atoms with Gasteiger partial charge in [-0.2, -0.15) is 0 Å². The lowest BCUT2D eigenvalue weighted by molar-refractivity contribution is -0.147. The highest BCUT2D eigenvalue weighted by molar-refractivity contribution is 5.95. The minimum atomic E-state index is -0.545. The third kappa shape index (κ3) is 4.49. The number of carbonyl (C=O) groups excluding carboxylic acids is 2. The molecule has 28 heavy (non-hydrogen) atoms. The Morgan fingerprint density at radius 1 is 1.14 bits per heavy atom. The molecule has 1 aliphatic heterocycles. The average molecular weight is 386 g/mol. The quantitative estimate of drug-likeness (QED) is 0.748. The summed E-state index contributed by atoms with van der Waals surface area (Å²) in [5, 5.41) is 5.55. The second-order valence-electron chi connectivity index (χ2n) is 7.87. The summed E-state index contributed by atoms with van der Waals surface area (Å²) in [5.41, 5.74) is 1.80. The molecule has 3 rings (SSSR count). The van der Waals surface area contributed by atoms with Gasteiger partial charge < -0.3 is 20.1 Å². The van der Waals surface area contributed by atoms with E-state index in [0.29, 0.717) is 29.7 Å². The molecule has 6 heteroatoms. The van der Waals surface area contributed by atoms with Gasteiger partial charge in [-0.1, -0.05) is 26.0 Å². The van der Waals surface area contributed by atoms with Gasteiger partial charge in [-0.05, 0) is 62.6 Å². The van der Waals surface area contributed by atoms with Crippen molar-refractivity contribution in [2.75, 3.05) is 6.61 Å². The molecule has 1 heterocycles. The van der Waals surface area contributed by atoms with Gasteiger partial charge in [0.25, 0.3) is 0 Å². The maximum atomic E-state index is 13.0. The minimum Gasteiger partial charge on any atom is -0.494 e. The fourth-order valence-electron chi connectivity index (χ4n) is 3.96. The summed E-state index contributed by atoms with van der Waals surface area (Å²) in [4.78, 5) is 25.1. The molecule has 0 radical (unpaired) electrons. The van der Waals surface area contributed by atoms with E-state index in [-0.39, 0.29) is 18.1 Å². The molecule has 0 bridgehead atoms. The van der Waals surface area contributed by atoms with Crippen LogP contribution in [0.4, 0.5) is 4.79 Å². The minimum absolute atomic E-state index is 0.0717. The van der Waals surface area contributed by atoms with E-state index in [1.165, 1.54) is 0 Å². The monoisotopic (exact) mass is 386 g/mol. The van der Waals surface area contributed by atoms with E-state index in [9.17, 15) is 9.59 Å². The SMILES string of the molecule is CCOc1ccc([C@H]2NC(=O)NC(C)=C2C(=O)O[C@H]2CC[C@H](C)[C@H](C)C2)cc1. The Labute approximate surface area is 166 Å². The third-order valence-electron chi connectivity index (χ3n) is 5.84. The molecule has 2 N–H and O–H groups in total. The number of carbonyl (C=O) groups is 2. The summed E-state index contributed by atoms with van der Waals surface area (Å²) in [7, 11) is 0. The number of urea groups is 1. The first kappa shape index (κ1) is 20.2. The van der Waals surface area contributed by atoms with Gasteiger partial charge >= 0.3 is 12.0 Å². The standard InChI is InChI=1S/C22H30N2O4/c1-5-27-17-10-7-16(8-11-17)20-19(15(4)23-22(26)24-20)21(25)28-18-9-6-13(2)14(3)12-18/h7-8,10-11,13-14,18,20H,5-6,9,12H2,1-4H3,(H2,23,24,26)/t13-,14+,18-,20+/m0/s1. The largest absolute Gasteiger partial charge is 0.494 e. The van der Waals surface area contributed by atoms with E-state index in [4.69, 9.17) is 9.47 Å². The second-order valence-corrected chi connectivity index (χ2v) is 7.87. The lowest BCUT2D eigenvalue weighted by atomic mass is 9.80. The van der Waals surface area contributed by atoms with Crippen LogP contribution >= 0.6 is 0 Å². The van der Waals surface area contributed by atoms with Gasteiger partial charge in [-0.15, -0.1) is 0 Å². The maximum absolute atomic E-state index is 13.0. The molecule has 1 aromatic carbocycles. The number of hydrogen-bond acceptors (Lipinski definition) is 4. The van der Waals surface area contributed by atoms with Crippen LogP contribution in [0.5, 0.6) is 5.75 Å². The fourth-order valence-corrected chi connectivity index (χ4v) is 3.96. The van der Waals surface area contributed by atoms with Crippen LogP contribution in [0, 0.1) is 11.8 Å². The Balaban J connectivity index is 1.80. The van der Waals surface area contributed by atoms with Crippen LogP contribution in [0.3, 0.4) is 0 Å². The van der Waals surface area contributed by atoms with Gasteiger partial charge in [0.2, 0.25) is 0 Å². The lowest BCUT2D eigenvalue weighted by Gasteiger charge is -2.33. The molecule has 0 aromatic heterocycles. The van der Waals surface area contributed by atoms with Crippen LogP contribution in [0.15, 0.2) is 35.5 Å². The van der Waals surface area contributed by atoms with Gasteiger partial charge in [0, 0.05) is 5.70 Å². The molecule has 0 saturated heterocycles. The molecule has 0 unspecified atom stereocenters. The van der Waals surface area contributed by atoms with Crippen molar-refractivity contribution in [2.45, 2.75) is 59.1 Å². The number of amides is 2. The Morgan fingerprint density at radius 3 is 2.50 bits per heavy atom. The van der Waals surface area contributed by atoms with Crippen molar-refractivity contribution >= 4 is 12.0 Å². The molecule has 1 aliphatic carbocycles. The lowest BCUT2D eigenvalue weighted by Crippen LogP contribution is -2.45. The number of benzene rings is 1. The van der Waals surface area contributed by atoms with Crippen LogP contribution in [-0.4, -0.2) is 24.7 Å².